The Labute approximate surface area is 136 Å². The Morgan fingerprint density at radius 2 is 1.86 bits per heavy atom. The minimum Gasteiger partial charge on any atom is -0.312 e. The van der Waals surface area contributed by atoms with Gasteiger partial charge in [-0.25, -0.2) is 0 Å². The molecule has 1 N–H and O–H groups in total. The molecule has 1 heterocycles. The second-order valence-electron chi connectivity index (χ2n) is 5.49. The number of rotatable bonds is 4. The van der Waals surface area contributed by atoms with E-state index in [0.29, 0.717) is 11.3 Å². The first kappa shape index (κ1) is 15.3. The summed E-state index contributed by atoms with van der Waals surface area (Å²) in [6, 6.07) is 15.9. The van der Waals surface area contributed by atoms with Crippen LogP contribution in [-0.4, -0.2) is 29.1 Å². The third-order valence-electron chi connectivity index (χ3n) is 4.29. The molecule has 0 aliphatic carbocycles. The highest BCUT2D eigenvalue weighted by atomic mass is 32.2. The topological polar surface area (TPSA) is 12.0 Å². The van der Waals surface area contributed by atoms with Crippen molar-refractivity contribution in [2.75, 3.05) is 18.6 Å². The summed E-state index contributed by atoms with van der Waals surface area (Å²) in [4.78, 5) is 0. The summed E-state index contributed by atoms with van der Waals surface area (Å²) in [6.07, 6.45) is 1.26. The number of hydrogen-bond acceptors (Lipinski definition) is 3. The van der Waals surface area contributed by atoms with Gasteiger partial charge in [-0.3, -0.25) is 0 Å². The summed E-state index contributed by atoms with van der Waals surface area (Å²) in [5, 5.41) is 7.76. The van der Waals surface area contributed by atoms with Gasteiger partial charge < -0.3 is 5.32 Å². The summed E-state index contributed by atoms with van der Waals surface area (Å²) in [7, 11) is 2.11. The molecule has 1 nitrogen and oxygen atoms in total. The van der Waals surface area contributed by atoms with Gasteiger partial charge in [-0.2, -0.15) is 23.5 Å². The van der Waals surface area contributed by atoms with Gasteiger partial charge in [0.15, 0.2) is 0 Å². The molecule has 0 bridgehead atoms. The first-order valence-electron chi connectivity index (χ1n) is 7.73. The number of thioether (sulfide) groups is 2. The zero-order valence-electron chi connectivity index (χ0n) is 12.7. The molecule has 1 aliphatic rings. The van der Waals surface area contributed by atoms with Crippen molar-refractivity contribution >= 4 is 34.3 Å². The van der Waals surface area contributed by atoms with E-state index in [4.69, 9.17) is 0 Å². The molecule has 1 aliphatic heterocycles. The van der Waals surface area contributed by atoms with Gasteiger partial charge in [0.25, 0.3) is 0 Å². The van der Waals surface area contributed by atoms with Crippen LogP contribution in [0.15, 0.2) is 42.5 Å². The molecule has 3 heteroatoms. The highest BCUT2D eigenvalue weighted by Gasteiger charge is 2.32. The van der Waals surface area contributed by atoms with E-state index in [9.17, 15) is 0 Å². The Kier molecular flexibility index (Phi) is 5.15. The maximum absolute atomic E-state index is 3.61. The average molecular weight is 318 g/mol. The van der Waals surface area contributed by atoms with Crippen molar-refractivity contribution in [2.24, 2.45) is 0 Å². The molecule has 3 unspecified atom stereocenters. The SMILES string of the molecule is CCC1SCCSC1C(NC)c1cccc2ccccc12. The lowest BCUT2D eigenvalue weighted by molar-refractivity contribution is 0.547. The summed E-state index contributed by atoms with van der Waals surface area (Å²) < 4.78 is 0. The lowest BCUT2D eigenvalue weighted by Gasteiger charge is -2.36. The van der Waals surface area contributed by atoms with Gasteiger partial charge in [0, 0.05) is 28.0 Å². The fraction of sp³-hybridized carbons (Fsp3) is 0.444. The van der Waals surface area contributed by atoms with E-state index >= 15 is 0 Å². The average Bonchev–Trinajstić information content (AvgIpc) is 2.56. The van der Waals surface area contributed by atoms with Crippen LogP contribution in [0.25, 0.3) is 10.8 Å². The Morgan fingerprint density at radius 3 is 2.67 bits per heavy atom. The van der Waals surface area contributed by atoms with Crippen LogP contribution in [0.1, 0.15) is 24.9 Å². The maximum atomic E-state index is 3.61. The van der Waals surface area contributed by atoms with Crippen molar-refractivity contribution in [1.29, 1.82) is 0 Å². The predicted molar refractivity (Wildman–Crippen MR) is 98.5 cm³/mol. The van der Waals surface area contributed by atoms with E-state index in [1.807, 2.05) is 0 Å². The van der Waals surface area contributed by atoms with Crippen molar-refractivity contribution in [3.8, 4) is 0 Å². The number of hydrogen-bond donors (Lipinski definition) is 1. The molecule has 1 saturated heterocycles. The quantitative estimate of drug-likeness (QED) is 0.875. The monoisotopic (exact) mass is 317 g/mol. The molecule has 0 spiro atoms. The van der Waals surface area contributed by atoms with Crippen LogP contribution in [0.2, 0.25) is 0 Å². The Morgan fingerprint density at radius 1 is 1.10 bits per heavy atom. The zero-order chi connectivity index (χ0) is 14.7. The summed E-state index contributed by atoms with van der Waals surface area (Å²) in [5.74, 6) is 2.57. The van der Waals surface area contributed by atoms with Crippen LogP contribution < -0.4 is 5.32 Å². The Bertz CT molecular complexity index is 593. The molecule has 0 saturated carbocycles. The second-order valence-corrected chi connectivity index (χ2v) is 8.12. The van der Waals surface area contributed by atoms with E-state index in [0.717, 1.165) is 5.25 Å². The minimum atomic E-state index is 0.429. The summed E-state index contributed by atoms with van der Waals surface area (Å²) in [6.45, 7) is 2.33. The molecule has 0 radical (unpaired) electrons. The smallest absolute Gasteiger partial charge is 0.0455 e. The maximum Gasteiger partial charge on any atom is 0.0455 e. The summed E-state index contributed by atoms with van der Waals surface area (Å²) >= 11 is 4.30. The van der Waals surface area contributed by atoms with E-state index < -0.39 is 0 Å². The lowest BCUT2D eigenvalue weighted by Crippen LogP contribution is -2.37. The zero-order valence-corrected chi connectivity index (χ0v) is 14.3. The number of nitrogens with one attached hydrogen (secondary N) is 1. The fourth-order valence-electron chi connectivity index (χ4n) is 3.27. The molecular weight excluding hydrogens is 294 g/mol. The van der Waals surface area contributed by atoms with E-state index in [2.05, 4.69) is 85.3 Å². The van der Waals surface area contributed by atoms with E-state index in [-0.39, 0.29) is 0 Å². The third-order valence-corrected chi connectivity index (χ3v) is 7.64. The largest absolute Gasteiger partial charge is 0.312 e. The van der Waals surface area contributed by atoms with Gasteiger partial charge in [-0.1, -0.05) is 49.4 Å². The first-order valence-corrected chi connectivity index (χ1v) is 9.83. The van der Waals surface area contributed by atoms with Gasteiger partial charge >= 0.3 is 0 Å². The second kappa shape index (κ2) is 7.08. The molecule has 0 amide bonds. The molecule has 1 fully saturated rings. The van der Waals surface area contributed by atoms with Gasteiger partial charge in [0.1, 0.15) is 0 Å². The molecule has 21 heavy (non-hydrogen) atoms. The number of fused-ring (bicyclic) bond motifs is 1. The normalized spacial score (nSPS) is 24.1. The number of benzene rings is 2. The molecule has 3 atom stereocenters. The van der Waals surface area contributed by atoms with Crippen LogP contribution in [0.4, 0.5) is 0 Å². The van der Waals surface area contributed by atoms with Crippen LogP contribution in [-0.2, 0) is 0 Å². The van der Waals surface area contributed by atoms with Crippen LogP contribution in [0.3, 0.4) is 0 Å². The van der Waals surface area contributed by atoms with Gasteiger partial charge in [-0.05, 0) is 29.8 Å². The van der Waals surface area contributed by atoms with Crippen LogP contribution in [0.5, 0.6) is 0 Å². The van der Waals surface area contributed by atoms with E-state index in [1.54, 1.807) is 0 Å². The molecular formula is C18H23NS2. The van der Waals surface area contributed by atoms with Crippen molar-refractivity contribution in [2.45, 2.75) is 29.9 Å². The van der Waals surface area contributed by atoms with Crippen molar-refractivity contribution < 1.29 is 0 Å². The minimum absolute atomic E-state index is 0.429. The highest BCUT2D eigenvalue weighted by Crippen LogP contribution is 2.41. The van der Waals surface area contributed by atoms with Crippen molar-refractivity contribution in [1.82, 2.24) is 5.32 Å². The van der Waals surface area contributed by atoms with Gasteiger partial charge in [0.05, 0.1) is 0 Å². The summed E-state index contributed by atoms with van der Waals surface area (Å²) in [5.41, 5.74) is 1.45. The van der Waals surface area contributed by atoms with E-state index in [1.165, 1.54) is 34.3 Å². The molecule has 2 aromatic carbocycles. The van der Waals surface area contributed by atoms with Gasteiger partial charge in [-0.15, -0.1) is 0 Å². The molecule has 0 aromatic heterocycles. The van der Waals surface area contributed by atoms with Crippen molar-refractivity contribution in [3.63, 3.8) is 0 Å². The predicted octanol–water partition coefficient (Wildman–Crippen LogP) is 4.73. The van der Waals surface area contributed by atoms with Gasteiger partial charge in [0.2, 0.25) is 0 Å². The highest BCUT2D eigenvalue weighted by molar-refractivity contribution is 8.07. The third kappa shape index (κ3) is 3.10. The Hall–Kier alpha value is -0.640. The molecule has 3 rings (SSSR count). The standard InChI is InChI=1S/C18H23NS2/c1-3-16-18(21-12-11-20-16)17(19-2)15-10-6-8-13-7-4-5-9-14(13)15/h4-10,16-19H,3,11-12H2,1-2H3. The molecule has 112 valence electrons. The Balaban J connectivity index is 2.01. The van der Waals surface area contributed by atoms with Crippen LogP contribution in [0, 0.1) is 0 Å². The first-order chi connectivity index (χ1) is 10.3. The lowest BCUT2D eigenvalue weighted by atomic mass is 9.95. The van der Waals surface area contributed by atoms with Crippen molar-refractivity contribution in [3.05, 3.63) is 48.0 Å². The molecule has 2 aromatic rings. The fourth-order valence-corrected chi connectivity index (χ4v) is 6.55. The van der Waals surface area contributed by atoms with Crippen LogP contribution >= 0.6 is 23.5 Å².